The summed E-state index contributed by atoms with van der Waals surface area (Å²) in [6.45, 7) is 4.57. The van der Waals surface area contributed by atoms with Gasteiger partial charge in [0.1, 0.15) is 5.75 Å². The number of hydrogen-bond donors (Lipinski definition) is 2. The second-order valence-corrected chi connectivity index (χ2v) is 9.11. The van der Waals surface area contributed by atoms with Crippen LogP contribution in [0.2, 0.25) is 0 Å². The predicted molar refractivity (Wildman–Crippen MR) is 114 cm³/mol. The molecule has 29 heavy (non-hydrogen) atoms. The standard InChI is InChI=1S/C22H28N2O4S/c1-3-28-19-13-11-18(12-14-19)24-29(26,27)20-9-6-8-17(15-20)22(25)23-21-10-5-4-7-16(21)2/h6,8-9,11-16,21,24H,3-5,7,10H2,1-2H3,(H,23,25). The first-order chi connectivity index (χ1) is 13.9. The third-order valence-electron chi connectivity index (χ3n) is 5.25. The molecule has 3 rings (SSSR count). The monoisotopic (exact) mass is 416 g/mol. The molecule has 1 aliphatic rings. The molecule has 2 N–H and O–H groups in total. The van der Waals surface area contributed by atoms with Crippen LogP contribution in [0, 0.1) is 5.92 Å². The Morgan fingerprint density at radius 2 is 1.83 bits per heavy atom. The molecule has 7 heteroatoms. The maximum Gasteiger partial charge on any atom is 0.261 e. The molecule has 1 aliphatic carbocycles. The van der Waals surface area contributed by atoms with Crippen LogP contribution in [0.4, 0.5) is 5.69 Å². The van der Waals surface area contributed by atoms with Crippen molar-refractivity contribution >= 4 is 21.6 Å². The van der Waals surface area contributed by atoms with E-state index in [2.05, 4.69) is 17.0 Å². The van der Waals surface area contributed by atoms with E-state index in [1.54, 1.807) is 36.4 Å². The van der Waals surface area contributed by atoms with Gasteiger partial charge >= 0.3 is 0 Å². The van der Waals surface area contributed by atoms with Crippen molar-refractivity contribution in [1.82, 2.24) is 5.32 Å². The highest BCUT2D eigenvalue weighted by Gasteiger charge is 2.24. The van der Waals surface area contributed by atoms with Crippen LogP contribution in [-0.2, 0) is 10.0 Å². The van der Waals surface area contributed by atoms with Crippen molar-refractivity contribution in [3.8, 4) is 5.75 Å². The Morgan fingerprint density at radius 1 is 1.10 bits per heavy atom. The van der Waals surface area contributed by atoms with Gasteiger partial charge in [0, 0.05) is 17.3 Å². The molecule has 156 valence electrons. The van der Waals surface area contributed by atoms with E-state index in [-0.39, 0.29) is 16.8 Å². The van der Waals surface area contributed by atoms with Crippen molar-refractivity contribution in [1.29, 1.82) is 0 Å². The van der Waals surface area contributed by atoms with Gasteiger partial charge in [-0.25, -0.2) is 8.42 Å². The molecule has 0 heterocycles. The first-order valence-corrected chi connectivity index (χ1v) is 11.5. The number of anilines is 1. The van der Waals surface area contributed by atoms with Crippen molar-refractivity contribution < 1.29 is 17.9 Å². The van der Waals surface area contributed by atoms with E-state index in [9.17, 15) is 13.2 Å². The van der Waals surface area contributed by atoms with Crippen molar-refractivity contribution in [3.05, 3.63) is 54.1 Å². The topological polar surface area (TPSA) is 84.5 Å². The molecular weight excluding hydrogens is 388 g/mol. The number of hydrogen-bond acceptors (Lipinski definition) is 4. The summed E-state index contributed by atoms with van der Waals surface area (Å²) in [5, 5.41) is 3.06. The molecule has 0 spiro atoms. The number of benzene rings is 2. The molecule has 6 nitrogen and oxygen atoms in total. The highest BCUT2D eigenvalue weighted by molar-refractivity contribution is 7.92. The van der Waals surface area contributed by atoms with Gasteiger partial charge in [0.2, 0.25) is 0 Å². The average molecular weight is 417 g/mol. The minimum absolute atomic E-state index is 0.0516. The summed E-state index contributed by atoms with van der Waals surface area (Å²) in [4.78, 5) is 12.7. The fourth-order valence-electron chi connectivity index (χ4n) is 3.59. The minimum Gasteiger partial charge on any atom is -0.494 e. The SMILES string of the molecule is CCOc1ccc(NS(=O)(=O)c2cccc(C(=O)NC3CCCCC3C)c2)cc1. The molecule has 1 saturated carbocycles. The molecule has 1 amide bonds. The van der Waals surface area contributed by atoms with Crippen molar-refractivity contribution in [3.63, 3.8) is 0 Å². The van der Waals surface area contributed by atoms with E-state index < -0.39 is 10.0 Å². The number of sulfonamides is 1. The van der Waals surface area contributed by atoms with Gasteiger partial charge < -0.3 is 10.1 Å². The van der Waals surface area contributed by atoms with Gasteiger partial charge in [-0.05, 0) is 68.1 Å². The van der Waals surface area contributed by atoms with Crippen LogP contribution in [0.1, 0.15) is 49.9 Å². The number of carbonyl (C=O) groups is 1. The summed E-state index contributed by atoms with van der Waals surface area (Å²) in [6, 6.07) is 13.0. The van der Waals surface area contributed by atoms with E-state index >= 15 is 0 Å². The van der Waals surface area contributed by atoms with Gasteiger partial charge in [-0.15, -0.1) is 0 Å². The third kappa shape index (κ3) is 5.50. The van der Waals surface area contributed by atoms with Crippen LogP contribution >= 0.6 is 0 Å². The second-order valence-electron chi connectivity index (χ2n) is 7.43. The fraction of sp³-hybridized carbons (Fsp3) is 0.409. The average Bonchev–Trinajstić information content (AvgIpc) is 2.71. The molecule has 2 aromatic rings. The van der Waals surface area contributed by atoms with Crippen LogP contribution in [0.25, 0.3) is 0 Å². The summed E-state index contributed by atoms with van der Waals surface area (Å²) in [7, 11) is -3.81. The van der Waals surface area contributed by atoms with E-state index in [0.717, 1.165) is 19.3 Å². The van der Waals surface area contributed by atoms with Gasteiger partial charge in [0.15, 0.2) is 0 Å². The van der Waals surface area contributed by atoms with E-state index in [1.807, 2.05) is 6.92 Å². The van der Waals surface area contributed by atoms with Crippen LogP contribution in [0.15, 0.2) is 53.4 Å². The van der Waals surface area contributed by atoms with Gasteiger partial charge in [0.25, 0.3) is 15.9 Å². The fourth-order valence-corrected chi connectivity index (χ4v) is 4.69. The van der Waals surface area contributed by atoms with Crippen molar-refractivity contribution in [2.24, 2.45) is 5.92 Å². The zero-order chi connectivity index (χ0) is 20.9. The molecule has 0 radical (unpaired) electrons. The van der Waals surface area contributed by atoms with Gasteiger partial charge in [-0.1, -0.05) is 25.8 Å². The number of nitrogens with one attached hydrogen (secondary N) is 2. The highest BCUT2D eigenvalue weighted by Crippen LogP contribution is 2.24. The number of rotatable bonds is 7. The lowest BCUT2D eigenvalue weighted by Gasteiger charge is -2.29. The molecule has 2 unspecified atom stereocenters. The summed E-state index contributed by atoms with van der Waals surface area (Å²) in [5.74, 6) is 0.869. The van der Waals surface area contributed by atoms with Crippen LogP contribution < -0.4 is 14.8 Å². The molecular formula is C22H28N2O4S. The summed E-state index contributed by atoms with van der Waals surface area (Å²) in [6.07, 6.45) is 4.36. The Hall–Kier alpha value is -2.54. The second kappa shape index (κ2) is 9.31. The molecule has 0 saturated heterocycles. The maximum absolute atomic E-state index is 12.8. The van der Waals surface area contributed by atoms with Crippen LogP contribution in [0.3, 0.4) is 0 Å². The molecule has 0 bridgehead atoms. The van der Waals surface area contributed by atoms with E-state index in [4.69, 9.17) is 4.74 Å². The Bertz CT molecular complexity index is 942. The quantitative estimate of drug-likeness (QED) is 0.709. The van der Waals surface area contributed by atoms with Gasteiger partial charge in [-0.3, -0.25) is 9.52 Å². The molecule has 0 aromatic heterocycles. The molecule has 1 fully saturated rings. The normalized spacial score (nSPS) is 19.4. The maximum atomic E-state index is 12.8. The zero-order valence-corrected chi connectivity index (χ0v) is 17.7. The smallest absolute Gasteiger partial charge is 0.261 e. The first-order valence-electron chi connectivity index (χ1n) is 10.1. The van der Waals surface area contributed by atoms with Crippen LogP contribution in [-0.4, -0.2) is 27.0 Å². The number of ether oxygens (including phenoxy) is 1. The Morgan fingerprint density at radius 3 is 2.52 bits per heavy atom. The lowest BCUT2D eigenvalue weighted by molar-refractivity contribution is 0.0910. The summed E-state index contributed by atoms with van der Waals surface area (Å²) < 4.78 is 33.4. The molecule has 2 atom stereocenters. The van der Waals surface area contributed by atoms with E-state index in [1.165, 1.54) is 18.6 Å². The number of carbonyl (C=O) groups excluding carboxylic acids is 1. The Balaban J connectivity index is 1.72. The van der Waals surface area contributed by atoms with Gasteiger partial charge in [-0.2, -0.15) is 0 Å². The largest absolute Gasteiger partial charge is 0.494 e. The lowest BCUT2D eigenvalue weighted by Crippen LogP contribution is -2.41. The first kappa shape index (κ1) is 21.2. The van der Waals surface area contributed by atoms with Crippen LogP contribution in [0.5, 0.6) is 5.75 Å². The Labute approximate surface area is 172 Å². The van der Waals surface area contributed by atoms with Crippen molar-refractivity contribution in [2.45, 2.75) is 50.5 Å². The molecule has 2 aromatic carbocycles. The summed E-state index contributed by atoms with van der Waals surface area (Å²) >= 11 is 0. The third-order valence-corrected chi connectivity index (χ3v) is 6.63. The van der Waals surface area contributed by atoms with E-state index in [0.29, 0.717) is 29.5 Å². The predicted octanol–water partition coefficient (Wildman–Crippen LogP) is 4.19. The lowest BCUT2D eigenvalue weighted by atomic mass is 9.86. The van der Waals surface area contributed by atoms with Gasteiger partial charge in [0.05, 0.1) is 11.5 Å². The summed E-state index contributed by atoms with van der Waals surface area (Å²) in [5.41, 5.74) is 0.775. The number of amides is 1. The minimum atomic E-state index is -3.81. The Kier molecular flexibility index (Phi) is 6.79. The van der Waals surface area contributed by atoms with Crippen molar-refractivity contribution in [2.75, 3.05) is 11.3 Å². The molecule has 0 aliphatic heterocycles. The zero-order valence-electron chi connectivity index (χ0n) is 16.9. The highest BCUT2D eigenvalue weighted by atomic mass is 32.2.